The summed E-state index contributed by atoms with van der Waals surface area (Å²) in [5, 5.41) is 5.04. The molecule has 1 aliphatic rings. The number of rotatable bonds is 7. The fraction of sp³-hybridized carbons (Fsp3) is 0.286. The molecule has 1 aromatic heterocycles. The molecule has 8 nitrogen and oxygen atoms in total. The molecule has 0 spiro atoms. The first kappa shape index (κ1) is 23.5. The predicted molar refractivity (Wildman–Crippen MR) is 139 cm³/mol. The third-order valence-electron chi connectivity index (χ3n) is 6.64. The fourth-order valence-corrected chi connectivity index (χ4v) is 4.93. The van der Waals surface area contributed by atoms with Gasteiger partial charge in [0.2, 0.25) is 5.91 Å². The molecule has 2 heterocycles. The summed E-state index contributed by atoms with van der Waals surface area (Å²) in [6.07, 6.45) is -0.947. The minimum atomic E-state index is -0.574. The number of carbonyl (C=O) groups excluding carboxylic acids is 2. The summed E-state index contributed by atoms with van der Waals surface area (Å²) in [5.41, 5.74) is 3.78. The Balaban J connectivity index is 1.25. The SMILES string of the molecule is CCn1c2ccccc2c2cc(NC(=O)OC3CC(=O)N(Cc4ccc(OC)cc4OC)C3)ccc21. The Morgan fingerprint density at radius 3 is 2.58 bits per heavy atom. The molecule has 36 heavy (non-hydrogen) atoms. The average Bonchev–Trinajstić information content (AvgIpc) is 3.39. The van der Waals surface area contributed by atoms with E-state index in [1.165, 1.54) is 0 Å². The fourth-order valence-electron chi connectivity index (χ4n) is 4.93. The molecular weight excluding hydrogens is 458 g/mol. The molecule has 8 heteroatoms. The van der Waals surface area contributed by atoms with Gasteiger partial charge in [-0.2, -0.15) is 0 Å². The van der Waals surface area contributed by atoms with Crippen molar-refractivity contribution in [1.29, 1.82) is 0 Å². The van der Waals surface area contributed by atoms with Crippen LogP contribution in [0, 0.1) is 0 Å². The Morgan fingerprint density at radius 1 is 1.00 bits per heavy atom. The Labute approximate surface area is 209 Å². The van der Waals surface area contributed by atoms with Crippen molar-refractivity contribution in [3.8, 4) is 11.5 Å². The third kappa shape index (κ3) is 4.42. The van der Waals surface area contributed by atoms with E-state index in [-0.39, 0.29) is 12.3 Å². The molecule has 0 radical (unpaired) electrons. The van der Waals surface area contributed by atoms with Crippen molar-refractivity contribution in [2.45, 2.75) is 32.5 Å². The molecule has 2 amide bonds. The zero-order chi connectivity index (χ0) is 25.2. The van der Waals surface area contributed by atoms with Gasteiger partial charge in [0.25, 0.3) is 0 Å². The topological polar surface area (TPSA) is 82.0 Å². The van der Waals surface area contributed by atoms with Crippen LogP contribution in [0.2, 0.25) is 0 Å². The van der Waals surface area contributed by atoms with Gasteiger partial charge in [0.1, 0.15) is 17.6 Å². The van der Waals surface area contributed by atoms with Crippen LogP contribution in [0.5, 0.6) is 11.5 Å². The number of hydrogen-bond acceptors (Lipinski definition) is 5. The summed E-state index contributed by atoms with van der Waals surface area (Å²) in [7, 11) is 3.17. The lowest BCUT2D eigenvalue weighted by atomic mass is 10.1. The predicted octanol–water partition coefficient (Wildman–Crippen LogP) is 5.18. The zero-order valence-electron chi connectivity index (χ0n) is 20.6. The molecule has 1 fully saturated rings. The molecule has 186 valence electrons. The van der Waals surface area contributed by atoms with Crippen molar-refractivity contribution in [3.05, 3.63) is 66.2 Å². The summed E-state index contributed by atoms with van der Waals surface area (Å²) in [4.78, 5) is 26.9. The van der Waals surface area contributed by atoms with E-state index in [1.54, 1.807) is 25.2 Å². The summed E-state index contributed by atoms with van der Waals surface area (Å²) < 4.78 is 18.5. The second kappa shape index (κ2) is 9.81. The number of nitrogens with zero attached hydrogens (tertiary/aromatic N) is 2. The average molecular weight is 488 g/mol. The van der Waals surface area contributed by atoms with Crippen LogP contribution in [0.3, 0.4) is 0 Å². The van der Waals surface area contributed by atoms with Crippen molar-refractivity contribution in [3.63, 3.8) is 0 Å². The minimum Gasteiger partial charge on any atom is -0.497 e. The molecule has 4 aromatic rings. The van der Waals surface area contributed by atoms with Crippen LogP contribution < -0.4 is 14.8 Å². The van der Waals surface area contributed by atoms with E-state index in [4.69, 9.17) is 14.2 Å². The molecule has 1 saturated heterocycles. The van der Waals surface area contributed by atoms with Gasteiger partial charge in [0, 0.05) is 52.2 Å². The Kier molecular flexibility index (Phi) is 6.41. The Morgan fingerprint density at radius 2 is 1.81 bits per heavy atom. The van der Waals surface area contributed by atoms with Crippen molar-refractivity contribution in [1.82, 2.24) is 9.47 Å². The molecule has 1 aliphatic heterocycles. The van der Waals surface area contributed by atoms with E-state index in [0.29, 0.717) is 30.3 Å². The summed E-state index contributed by atoms with van der Waals surface area (Å²) >= 11 is 0. The van der Waals surface area contributed by atoms with Gasteiger partial charge < -0.3 is 23.7 Å². The van der Waals surface area contributed by atoms with Crippen LogP contribution in [0.15, 0.2) is 60.7 Å². The molecule has 1 unspecified atom stereocenters. The first-order chi connectivity index (χ1) is 17.5. The number of aryl methyl sites for hydroxylation is 1. The lowest BCUT2D eigenvalue weighted by Gasteiger charge is -2.19. The van der Waals surface area contributed by atoms with Gasteiger partial charge in [-0.3, -0.25) is 10.1 Å². The van der Waals surface area contributed by atoms with Crippen LogP contribution >= 0.6 is 0 Å². The van der Waals surface area contributed by atoms with Gasteiger partial charge in [0.05, 0.1) is 27.2 Å². The number of ether oxygens (including phenoxy) is 3. The normalized spacial score (nSPS) is 15.5. The highest BCUT2D eigenvalue weighted by Gasteiger charge is 2.32. The van der Waals surface area contributed by atoms with Crippen molar-refractivity contribution < 1.29 is 23.8 Å². The first-order valence-corrected chi connectivity index (χ1v) is 12.0. The van der Waals surface area contributed by atoms with Crippen LogP contribution in [0.1, 0.15) is 18.9 Å². The van der Waals surface area contributed by atoms with E-state index >= 15 is 0 Å². The van der Waals surface area contributed by atoms with Crippen LogP contribution in [0.4, 0.5) is 10.5 Å². The second-order valence-electron chi connectivity index (χ2n) is 8.80. The van der Waals surface area contributed by atoms with Crippen LogP contribution in [0.25, 0.3) is 21.8 Å². The number of carbonyl (C=O) groups is 2. The largest absolute Gasteiger partial charge is 0.497 e. The number of fused-ring (bicyclic) bond motifs is 3. The molecular formula is C28H29N3O5. The number of methoxy groups -OCH3 is 2. The van der Waals surface area contributed by atoms with Gasteiger partial charge in [-0.15, -0.1) is 0 Å². The van der Waals surface area contributed by atoms with Gasteiger partial charge in [-0.05, 0) is 43.3 Å². The van der Waals surface area contributed by atoms with E-state index in [2.05, 4.69) is 28.9 Å². The highest BCUT2D eigenvalue weighted by Crippen LogP contribution is 2.31. The zero-order valence-corrected chi connectivity index (χ0v) is 20.6. The number of aromatic nitrogens is 1. The molecule has 3 aromatic carbocycles. The monoisotopic (exact) mass is 487 g/mol. The maximum atomic E-state index is 12.7. The smallest absolute Gasteiger partial charge is 0.411 e. The Hall–Kier alpha value is -4.20. The molecule has 0 bridgehead atoms. The van der Waals surface area contributed by atoms with E-state index in [1.807, 2.05) is 42.5 Å². The van der Waals surface area contributed by atoms with Gasteiger partial charge in [0.15, 0.2) is 0 Å². The van der Waals surface area contributed by atoms with Gasteiger partial charge >= 0.3 is 6.09 Å². The second-order valence-corrected chi connectivity index (χ2v) is 8.80. The summed E-state index contributed by atoms with van der Waals surface area (Å²) in [6, 6.07) is 19.6. The van der Waals surface area contributed by atoms with E-state index in [0.717, 1.165) is 33.9 Å². The molecule has 1 atom stereocenters. The van der Waals surface area contributed by atoms with Crippen LogP contribution in [-0.2, 0) is 22.6 Å². The standard InChI is InChI=1S/C28H29N3O5/c1-4-31-24-8-6-5-7-22(24)23-13-19(10-12-25(23)31)29-28(33)36-21-15-27(32)30(17-21)16-18-9-11-20(34-2)14-26(18)35-3/h5-14,21H,4,15-17H2,1-3H3,(H,29,33). The highest BCUT2D eigenvalue weighted by molar-refractivity contribution is 6.09. The summed E-state index contributed by atoms with van der Waals surface area (Å²) in [6.45, 7) is 3.66. The summed E-state index contributed by atoms with van der Waals surface area (Å²) in [5.74, 6) is 1.25. The van der Waals surface area contributed by atoms with Crippen LogP contribution in [-0.4, -0.2) is 48.3 Å². The lowest BCUT2D eigenvalue weighted by molar-refractivity contribution is -0.128. The van der Waals surface area contributed by atoms with Crippen molar-refractivity contribution in [2.24, 2.45) is 0 Å². The molecule has 0 saturated carbocycles. The third-order valence-corrected chi connectivity index (χ3v) is 6.64. The van der Waals surface area contributed by atoms with E-state index in [9.17, 15) is 9.59 Å². The Bertz CT molecular complexity index is 1440. The van der Waals surface area contributed by atoms with Crippen molar-refractivity contribution >= 4 is 39.5 Å². The quantitative estimate of drug-likeness (QED) is 0.388. The molecule has 5 rings (SSSR count). The number of amides is 2. The maximum Gasteiger partial charge on any atom is 0.411 e. The minimum absolute atomic E-state index is 0.0699. The number of para-hydroxylation sites is 1. The first-order valence-electron chi connectivity index (χ1n) is 12.0. The molecule has 1 N–H and O–H groups in total. The number of nitrogens with one attached hydrogen (secondary N) is 1. The van der Waals surface area contributed by atoms with Gasteiger partial charge in [-0.25, -0.2) is 4.79 Å². The number of anilines is 1. The van der Waals surface area contributed by atoms with Gasteiger partial charge in [-0.1, -0.05) is 18.2 Å². The number of likely N-dealkylation sites (tertiary alicyclic amines) is 1. The highest BCUT2D eigenvalue weighted by atomic mass is 16.6. The number of hydrogen-bond donors (Lipinski definition) is 1. The lowest BCUT2D eigenvalue weighted by Crippen LogP contribution is -2.28. The van der Waals surface area contributed by atoms with E-state index < -0.39 is 12.2 Å². The number of benzene rings is 3. The molecule has 0 aliphatic carbocycles. The van der Waals surface area contributed by atoms with Crippen molar-refractivity contribution in [2.75, 3.05) is 26.1 Å². The maximum absolute atomic E-state index is 12.7.